The Morgan fingerprint density at radius 2 is 1.83 bits per heavy atom. The number of halogens is 1. The summed E-state index contributed by atoms with van der Waals surface area (Å²) in [5.41, 5.74) is 1.44. The zero-order valence-corrected chi connectivity index (χ0v) is 18.0. The van der Waals surface area contributed by atoms with Crippen molar-refractivity contribution in [3.05, 3.63) is 22.7 Å². The van der Waals surface area contributed by atoms with Gasteiger partial charge in [0.05, 0.1) is 23.7 Å². The van der Waals surface area contributed by atoms with E-state index in [9.17, 15) is 15.3 Å². The van der Waals surface area contributed by atoms with Gasteiger partial charge in [0.1, 0.15) is 11.5 Å². The van der Waals surface area contributed by atoms with Crippen molar-refractivity contribution in [3.8, 4) is 11.5 Å². The summed E-state index contributed by atoms with van der Waals surface area (Å²) in [7, 11) is 0. The minimum atomic E-state index is -0.226. The second kappa shape index (κ2) is 8.88. The highest BCUT2D eigenvalue weighted by Gasteiger charge is 2.19. The summed E-state index contributed by atoms with van der Waals surface area (Å²) in [6.07, 6.45) is 0. The number of aliphatic hydroxyl groups is 1. The molecule has 0 aliphatic carbocycles. The fourth-order valence-corrected chi connectivity index (χ4v) is 3.03. The number of anilines is 2. The molecule has 0 fully saturated rings. The van der Waals surface area contributed by atoms with Crippen molar-refractivity contribution in [3.63, 3.8) is 0 Å². The number of nitrogens with zero attached hydrogens (tertiary/aromatic N) is 5. The normalized spacial score (nSPS) is 12.7. The fourth-order valence-electron chi connectivity index (χ4n) is 2.87. The summed E-state index contributed by atoms with van der Waals surface area (Å²) in [4.78, 5) is 9.04. The van der Waals surface area contributed by atoms with Gasteiger partial charge in [-0.1, -0.05) is 30.7 Å². The highest BCUT2D eigenvalue weighted by molar-refractivity contribution is 6.32. The molecule has 10 nitrogen and oxygen atoms in total. The van der Waals surface area contributed by atoms with Crippen LogP contribution in [-0.2, 0) is 6.54 Å². The van der Waals surface area contributed by atoms with Crippen LogP contribution >= 0.6 is 11.6 Å². The molecule has 0 saturated heterocycles. The van der Waals surface area contributed by atoms with Gasteiger partial charge in [-0.25, -0.2) is 4.68 Å². The molecule has 0 radical (unpaired) electrons. The first kappa shape index (κ1) is 21.8. The first-order valence-corrected chi connectivity index (χ1v) is 10.0. The minimum absolute atomic E-state index is 0.0293. The van der Waals surface area contributed by atoms with Crippen molar-refractivity contribution in [2.24, 2.45) is 5.92 Å². The van der Waals surface area contributed by atoms with E-state index in [4.69, 9.17) is 11.6 Å². The molecular weight excluding hydrogens is 410 g/mol. The summed E-state index contributed by atoms with van der Waals surface area (Å²) in [6.45, 7) is 8.00. The van der Waals surface area contributed by atoms with Crippen LogP contribution in [0.15, 0.2) is 12.1 Å². The molecule has 2 heterocycles. The van der Waals surface area contributed by atoms with Crippen LogP contribution in [0.1, 0.15) is 39.3 Å². The second-order valence-corrected chi connectivity index (χ2v) is 8.07. The van der Waals surface area contributed by atoms with Crippen molar-refractivity contribution < 1.29 is 15.3 Å². The molecule has 1 aromatic carbocycles. The number of rotatable bonds is 8. The minimum Gasteiger partial charge on any atom is -0.508 e. The Labute approximate surface area is 178 Å². The topological polar surface area (TPSA) is 141 Å². The molecule has 3 rings (SSSR count). The van der Waals surface area contributed by atoms with E-state index in [2.05, 4.69) is 30.9 Å². The molecule has 30 heavy (non-hydrogen) atoms. The third-order valence-electron chi connectivity index (χ3n) is 4.72. The Morgan fingerprint density at radius 3 is 2.47 bits per heavy atom. The number of hydrogen-bond acceptors (Lipinski definition) is 9. The van der Waals surface area contributed by atoms with Crippen LogP contribution in [0, 0.1) is 5.92 Å². The Morgan fingerprint density at radius 1 is 1.10 bits per heavy atom. The van der Waals surface area contributed by atoms with Gasteiger partial charge in [-0.15, -0.1) is 5.10 Å². The van der Waals surface area contributed by atoms with E-state index >= 15 is 0 Å². The molecule has 0 saturated carbocycles. The highest BCUT2D eigenvalue weighted by Crippen LogP contribution is 2.32. The lowest BCUT2D eigenvalue weighted by molar-refractivity contribution is 0.248. The number of aromatic nitrogens is 5. The molecule has 1 atom stereocenters. The molecule has 162 valence electrons. The van der Waals surface area contributed by atoms with Crippen LogP contribution in [0.4, 0.5) is 11.8 Å². The van der Waals surface area contributed by atoms with Gasteiger partial charge in [-0.3, -0.25) is 0 Å². The van der Waals surface area contributed by atoms with Gasteiger partial charge in [0, 0.05) is 18.2 Å². The zero-order valence-electron chi connectivity index (χ0n) is 17.3. The number of phenolic OH excluding ortho intramolecular Hbond substituents is 2. The van der Waals surface area contributed by atoms with Crippen molar-refractivity contribution in [1.29, 1.82) is 0 Å². The number of aliphatic hydroxyl groups excluding tert-OH is 1. The van der Waals surface area contributed by atoms with Gasteiger partial charge in [-0.05, 0) is 25.8 Å². The van der Waals surface area contributed by atoms with E-state index in [1.807, 2.05) is 27.7 Å². The van der Waals surface area contributed by atoms with Crippen LogP contribution in [-0.4, -0.2) is 52.9 Å². The molecule has 0 bridgehead atoms. The number of phenols is 2. The lowest BCUT2D eigenvalue weighted by atomic mass is 10.1. The van der Waals surface area contributed by atoms with E-state index in [-0.39, 0.29) is 47.7 Å². The van der Waals surface area contributed by atoms with Crippen LogP contribution < -0.4 is 10.6 Å². The number of nitrogens with one attached hydrogen (secondary N) is 2. The molecule has 0 spiro atoms. The Hall–Kier alpha value is -2.85. The van der Waals surface area contributed by atoms with E-state index in [0.717, 1.165) is 0 Å². The largest absolute Gasteiger partial charge is 0.508 e. The van der Waals surface area contributed by atoms with Gasteiger partial charge >= 0.3 is 0 Å². The maximum atomic E-state index is 10.1. The van der Waals surface area contributed by atoms with Crippen molar-refractivity contribution in [1.82, 2.24) is 25.0 Å². The maximum absolute atomic E-state index is 10.1. The summed E-state index contributed by atoms with van der Waals surface area (Å²) < 4.78 is 1.68. The molecule has 3 aromatic rings. The summed E-state index contributed by atoms with van der Waals surface area (Å²) >= 11 is 5.82. The molecule has 0 aliphatic rings. The number of aromatic hydroxyl groups is 2. The van der Waals surface area contributed by atoms with Crippen LogP contribution in [0.5, 0.6) is 11.5 Å². The average Bonchev–Trinajstić information content (AvgIpc) is 3.11. The van der Waals surface area contributed by atoms with Crippen molar-refractivity contribution >= 4 is 34.5 Å². The van der Waals surface area contributed by atoms with E-state index in [1.165, 1.54) is 12.1 Å². The van der Waals surface area contributed by atoms with E-state index < -0.39 is 0 Å². The van der Waals surface area contributed by atoms with Gasteiger partial charge in [0.15, 0.2) is 17.0 Å². The first-order chi connectivity index (χ1) is 14.2. The molecule has 0 unspecified atom stereocenters. The summed E-state index contributed by atoms with van der Waals surface area (Å²) in [6, 6.07) is 2.46. The van der Waals surface area contributed by atoms with Crippen LogP contribution in [0.25, 0.3) is 11.2 Å². The first-order valence-electron chi connectivity index (χ1n) is 9.65. The van der Waals surface area contributed by atoms with Crippen LogP contribution in [0.2, 0.25) is 5.02 Å². The average molecular weight is 436 g/mol. The van der Waals surface area contributed by atoms with E-state index in [0.29, 0.717) is 28.5 Å². The molecule has 0 aliphatic heterocycles. The molecule has 2 aromatic heterocycles. The Kier molecular flexibility index (Phi) is 6.47. The lowest BCUT2D eigenvalue weighted by Gasteiger charge is -2.20. The smallest absolute Gasteiger partial charge is 0.227 e. The maximum Gasteiger partial charge on any atom is 0.227 e. The van der Waals surface area contributed by atoms with Gasteiger partial charge in [0.2, 0.25) is 5.95 Å². The quantitative estimate of drug-likeness (QED) is 0.337. The van der Waals surface area contributed by atoms with E-state index in [1.54, 1.807) is 4.68 Å². The monoisotopic (exact) mass is 435 g/mol. The number of benzene rings is 1. The number of fused-ring (bicyclic) bond motifs is 1. The third-order valence-corrected chi connectivity index (χ3v) is 5.03. The van der Waals surface area contributed by atoms with Crippen molar-refractivity contribution in [2.75, 3.05) is 17.2 Å². The SMILES string of the molecule is CC(C)[C@H](CO)Nc1nc(NCc2cc(O)c(Cl)cc2O)c2nnn(C(C)C)c2n1. The summed E-state index contributed by atoms with van der Waals surface area (Å²) in [5, 5.41) is 44.3. The predicted octanol–water partition coefficient (Wildman–Crippen LogP) is 2.91. The lowest BCUT2D eigenvalue weighted by Crippen LogP contribution is -2.30. The molecule has 5 N–H and O–H groups in total. The fraction of sp³-hybridized carbons (Fsp3) is 0.474. The standard InChI is InChI=1S/C19H26ClN7O3/c1-9(2)13(8-28)22-19-23-17(16-18(24-19)27(10(3)4)26-25-16)21-7-11-5-15(30)12(20)6-14(11)29/h5-6,9-10,13,28-30H,7-8H2,1-4H3,(H2,21,22,23,24)/t13-/m0/s1. The van der Waals surface area contributed by atoms with Gasteiger partial charge < -0.3 is 26.0 Å². The third kappa shape index (κ3) is 4.49. The highest BCUT2D eigenvalue weighted by atomic mass is 35.5. The van der Waals surface area contributed by atoms with Gasteiger partial charge in [0.25, 0.3) is 0 Å². The number of hydrogen-bond donors (Lipinski definition) is 5. The van der Waals surface area contributed by atoms with Crippen LogP contribution in [0.3, 0.4) is 0 Å². The Bertz CT molecular complexity index is 1040. The summed E-state index contributed by atoms with van der Waals surface area (Å²) in [5.74, 6) is 0.705. The zero-order chi connectivity index (χ0) is 22.0. The molecule has 0 amide bonds. The second-order valence-electron chi connectivity index (χ2n) is 7.66. The van der Waals surface area contributed by atoms with Crippen molar-refractivity contribution in [2.45, 2.75) is 46.3 Å². The molecular formula is C19H26ClN7O3. The Balaban J connectivity index is 1.99. The molecule has 11 heteroatoms. The predicted molar refractivity (Wildman–Crippen MR) is 115 cm³/mol. The van der Waals surface area contributed by atoms with Gasteiger partial charge in [-0.2, -0.15) is 9.97 Å².